The summed E-state index contributed by atoms with van der Waals surface area (Å²) < 4.78 is 5.82. The summed E-state index contributed by atoms with van der Waals surface area (Å²) in [4.78, 5) is 12.0. The molecule has 5 heteroatoms. The van der Waals surface area contributed by atoms with Gasteiger partial charge in [-0.25, -0.2) is 5.43 Å². The molecule has 0 aliphatic heterocycles. The number of nitrogens with zero attached hydrogens (tertiary/aromatic N) is 1. The van der Waals surface area contributed by atoms with E-state index in [4.69, 9.17) is 16.3 Å². The molecule has 0 aliphatic carbocycles. The zero-order valence-electron chi connectivity index (χ0n) is 14.9. The van der Waals surface area contributed by atoms with Crippen molar-refractivity contribution in [2.45, 2.75) is 13.5 Å². The highest BCUT2D eigenvalue weighted by Gasteiger charge is 2.04. The number of amides is 1. The van der Waals surface area contributed by atoms with Crippen molar-refractivity contribution in [1.82, 2.24) is 5.43 Å². The minimum absolute atomic E-state index is 0.319. The minimum atomic E-state index is -0.319. The molecule has 3 rings (SSSR count). The molecule has 0 atom stereocenters. The van der Waals surface area contributed by atoms with Crippen molar-refractivity contribution in [3.8, 4) is 5.75 Å². The number of carbonyl (C=O) groups is 1. The number of carbonyl (C=O) groups excluding carboxylic acids is 1. The Morgan fingerprint density at radius 2 is 1.85 bits per heavy atom. The lowest BCUT2D eigenvalue weighted by molar-refractivity contribution is 0.0955. The molecule has 1 N–H and O–H groups in total. The van der Waals surface area contributed by atoms with Crippen LogP contribution in [0.15, 0.2) is 77.9 Å². The first-order valence-corrected chi connectivity index (χ1v) is 8.85. The van der Waals surface area contributed by atoms with Crippen LogP contribution in [0.4, 0.5) is 0 Å². The van der Waals surface area contributed by atoms with E-state index in [0.717, 1.165) is 16.9 Å². The van der Waals surface area contributed by atoms with Gasteiger partial charge in [-0.05, 0) is 48.4 Å². The number of rotatable bonds is 6. The molecule has 0 radical (unpaired) electrons. The number of benzene rings is 3. The van der Waals surface area contributed by atoms with Crippen molar-refractivity contribution < 1.29 is 9.53 Å². The van der Waals surface area contributed by atoms with Gasteiger partial charge in [0, 0.05) is 10.6 Å². The van der Waals surface area contributed by atoms with Crippen molar-refractivity contribution in [1.29, 1.82) is 0 Å². The standard InChI is InChI=1S/C22H19ClN2O2/c1-16-8-10-17(11-9-16)15-27-21-7-2-4-18(12-21)14-24-25-22(26)19-5-3-6-20(23)13-19/h2-14H,15H2,1H3,(H,25,26)/b24-14-. The van der Waals surface area contributed by atoms with Gasteiger partial charge in [0.1, 0.15) is 12.4 Å². The SMILES string of the molecule is Cc1ccc(COc2cccc(/C=N\NC(=O)c3cccc(Cl)c3)c2)cc1. The molecule has 1 amide bonds. The molecular weight excluding hydrogens is 360 g/mol. The van der Waals surface area contributed by atoms with E-state index in [1.54, 1.807) is 30.5 Å². The molecule has 0 aliphatic rings. The average Bonchev–Trinajstić information content (AvgIpc) is 2.68. The van der Waals surface area contributed by atoms with E-state index < -0.39 is 0 Å². The normalized spacial score (nSPS) is 10.7. The second-order valence-electron chi connectivity index (χ2n) is 6.06. The number of hydrogen-bond donors (Lipinski definition) is 1. The first kappa shape index (κ1) is 18.7. The Hall–Kier alpha value is -3.11. The van der Waals surface area contributed by atoms with Crippen molar-refractivity contribution in [3.63, 3.8) is 0 Å². The van der Waals surface area contributed by atoms with Crippen LogP contribution in [0.2, 0.25) is 5.02 Å². The predicted octanol–water partition coefficient (Wildman–Crippen LogP) is 4.99. The predicted molar refractivity (Wildman–Crippen MR) is 108 cm³/mol. The fraction of sp³-hybridized carbons (Fsp3) is 0.0909. The maximum Gasteiger partial charge on any atom is 0.271 e. The summed E-state index contributed by atoms with van der Waals surface area (Å²) in [6.45, 7) is 2.55. The van der Waals surface area contributed by atoms with Crippen LogP contribution in [0.1, 0.15) is 27.0 Å². The van der Waals surface area contributed by atoms with Gasteiger partial charge in [-0.1, -0.05) is 59.6 Å². The molecule has 0 spiro atoms. The smallest absolute Gasteiger partial charge is 0.271 e. The lowest BCUT2D eigenvalue weighted by Crippen LogP contribution is -2.17. The van der Waals surface area contributed by atoms with Gasteiger partial charge in [0.05, 0.1) is 6.21 Å². The number of halogens is 1. The second-order valence-corrected chi connectivity index (χ2v) is 6.49. The summed E-state index contributed by atoms with van der Waals surface area (Å²) in [6.07, 6.45) is 1.57. The Morgan fingerprint density at radius 3 is 2.63 bits per heavy atom. The Labute approximate surface area is 163 Å². The van der Waals surface area contributed by atoms with Crippen LogP contribution in [-0.2, 0) is 6.61 Å². The van der Waals surface area contributed by atoms with E-state index in [0.29, 0.717) is 17.2 Å². The van der Waals surface area contributed by atoms with Crippen molar-refractivity contribution in [2.24, 2.45) is 5.10 Å². The monoisotopic (exact) mass is 378 g/mol. The maximum absolute atomic E-state index is 12.0. The van der Waals surface area contributed by atoms with Crippen molar-refractivity contribution in [2.75, 3.05) is 0 Å². The average molecular weight is 379 g/mol. The summed E-state index contributed by atoms with van der Waals surface area (Å²) in [6, 6.07) is 22.4. The van der Waals surface area contributed by atoms with Gasteiger partial charge in [0.15, 0.2) is 0 Å². The first-order valence-electron chi connectivity index (χ1n) is 8.47. The van der Waals surface area contributed by atoms with Crippen molar-refractivity contribution >= 4 is 23.7 Å². The van der Waals surface area contributed by atoms with Gasteiger partial charge >= 0.3 is 0 Å². The van der Waals surface area contributed by atoms with Gasteiger partial charge in [-0.3, -0.25) is 4.79 Å². The highest BCUT2D eigenvalue weighted by molar-refractivity contribution is 6.30. The Bertz CT molecular complexity index is 953. The van der Waals surface area contributed by atoms with Crippen LogP contribution < -0.4 is 10.2 Å². The molecule has 0 aromatic heterocycles. The molecule has 0 bridgehead atoms. The van der Waals surface area contributed by atoms with Crippen LogP contribution in [0.3, 0.4) is 0 Å². The number of hydrazone groups is 1. The van der Waals surface area contributed by atoms with E-state index in [2.05, 4.69) is 29.6 Å². The molecule has 4 nitrogen and oxygen atoms in total. The quantitative estimate of drug-likeness (QED) is 0.485. The van der Waals surface area contributed by atoms with Crippen molar-refractivity contribution in [3.05, 3.63) is 100 Å². The molecule has 136 valence electrons. The Balaban J connectivity index is 1.57. The molecule has 0 heterocycles. The van der Waals surface area contributed by atoms with Gasteiger partial charge in [0.25, 0.3) is 5.91 Å². The Morgan fingerprint density at radius 1 is 1.07 bits per heavy atom. The van der Waals surface area contributed by atoms with E-state index in [1.165, 1.54) is 5.56 Å². The summed E-state index contributed by atoms with van der Waals surface area (Å²) >= 11 is 5.89. The lowest BCUT2D eigenvalue weighted by Gasteiger charge is -2.07. The summed E-state index contributed by atoms with van der Waals surface area (Å²) in [7, 11) is 0. The third kappa shape index (κ3) is 5.69. The van der Waals surface area contributed by atoms with Crippen LogP contribution >= 0.6 is 11.6 Å². The number of nitrogens with one attached hydrogen (secondary N) is 1. The first-order chi connectivity index (χ1) is 13.1. The molecule has 0 saturated heterocycles. The highest BCUT2D eigenvalue weighted by Crippen LogP contribution is 2.15. The number of aryl methyl sites for hydroxylation is 1. The van der Waals surface area contributed by atoms with E-state index in [1.807, 2.05) is 36.4 Å². The molecule has 0 fully saturated rings. The largest absolute Gasteiger partial charge is 0.489 e. The van der Waals surface area contributed by atoms with Gasteiger partial charge in [0.2, 0.25) is 0 Å². The lowest BCUT2D eigenvalue weighted by atomic mass is 10.2. The van der Waals surface area contributed by atoms with Gasteiger partial charge in [-0.15, -0.1) is 0 Å². The molecule has 3 aromatic rings. The fourth-order valence-corrected chi connectivity index (χ4v) is 2.59. The van der Waals surface area contributed by atoms with Crippen LogP contribution in [0.25, 0.3) is 0 Å². The number of ether oxygens (including phenoxy) is 1. The third-order valence-electron chi connectivity index (χ3n) is 3.85. The summed E-state index contributed by atoms with van der Waals surface area (Å²) in [5, 5.41) is 4.50. The van der Waals surface area contributed by atoms with Crippen LogP contribution in [-0.4, -0.2) is 12.1 Å². The van der Waals surface area contributed by atoms with E-state index in [-0.39, 0.29) is 5.91 Å². The molecule has 3 aromatic carbocycles. The Kier molecular flexibility index (Phi) is 6.23. The van der Waals surface area contributed by atoms with Gasteiger partial charge < -0.3 is 4.74 Å². The molecule has 0 saturated carbocycles. The molecule has 27 heavy (non-hydrogen) atoms. The second kappa shape index (κ2) is 9.01. The molecule has 0 unspecified atom stereocenters. The molecular formula is C22H19ClN2O2. The fourth-order valence-electron chi connectivity index (χ4n) is 2.40. The van der Waals surface area contributed by atoms with Gasteiger partial charge in [-0.2, -0.15) is 5.10 Å². The summed E-state index contributed by atoms with van der Waals surface area (Å²) in [5.41, 5.74) is 6.09. The minimum Gasteiger partial charge on any atom is -0.489 e. The van der Waals surface area contributed by atoms with Crippen LogP contribution in [0, 0.1) is 6.92 Å². The van der Waals surface area contributed by atoms with Crippen LogP contribution in [0.5, 0.6) is 5.75 Å². The number of hydrogen-bond acceptors (Lipinski definition) is 3. The maximum atomic E-state index is 12.0. The highest BCUT2D eigenvalue weighted by atomic mass is 35.5. The zero-order valence-corrected chi connectivity index (χ0v) is 15.6. The van der Waals surface area contributed by atoms with E-state index >= 15 is 0 Å². The third-order valence-corrected chi connectivity index (χ3v) is 4.09. The topological polar surface area (TPSA) is 50.7 Å². The van der Waals surface area contributed by atoms with E-state index in [9.17, 15) is 4.79 Å². The zero-order chi connectivity index (χ0) is 19.1. The summed E-state index contributed by atoms with van der Waals surface area (Å²) in [5.74, 6) is 0.418.